The van der Waals surface area contributed by atoms with Gasteiger partial charge in [0.25, 0.3) is 0 Å². The first kappa shape index (κ1) is 17.5. The van der Waals surface area contributed by atoms with Crippen molar-refractivity contribution in [3.63, 3.8) is 0 Å². The smallest absolute Gasteiger partial charge is 0.340 e. The molecule has 130 valence electrons. The standard InChI is InChI=1S/C18H16ClNO4S/c1-11-8-14(12(2)20(11)9-13-4-3-7-23-13)18(22)24-10-15(21)16-5-6-17(19)25-16/h3-8H,9-10H2,1-2H3. The zero-order valence-electron chi connectivity index (χ0n) is 13.7. The average molecular weight is 378 g/mol. The molecule has 0 atom stereocenters. The van der Waals surface area contributed by atoms with Gasteiger partial charge in [-0.15, -0.1) is 11.3 Å². The molecule has 3 rings (SSSR count). The number of ether oxygens (including phenoxy) is 1. The Morgan fingerprint density at radius 1 is 1.28 bits per heavy atom. The first-order valence-electron chi connectivity index (χ1n) is 7.60. The van der Waals surface area contributed by atoms with E-state index >= 15 is 0 Å². The van der Waals surface area contributed by atoms with Crippen LogP contribution in [0.15, 0.2) is 41.0 Å². The first-order chi connectivity index (χ1) is 12.0. The molecule has 0 aliphatic carbocycles. The quantitative estimate of drug-likeness (QED) is 0.468. The van der Waals surface area contributed by atoms with Crippen molar-refractivity contribution in [2.24, 2.45) is 0 Å². The van der Waals surface area contributed by atoms with Crippen molar-refractivity contribution in [3.8, 4) is 0 Å². The van der Waals surface area contributed by atoms with Crippen LogP contribution in [0.25, 0.3) is 0 Å². The molecule has 3 heterocycles. The minimum Gasteiger partial charge on any atom is -0.467 e. The van der Waals surface area contributed by atoms with Crippen molar-refractivity contribution < 1.29 is 18.7 Å². The minimum absolute atomic E-state index is 0.269. The second-order valence-electron chi connectivity index (χ2n) is 5.55. The third-order valence-corrected chi connectivity index (χ3v) is 5.14. The highest BCUT2D eigenvalue weighted by molar-refractivity contribution is 7.18. The molecule has 25 heavy (non-hydrogen) atoms. The second kappa shape index (κ2) is 7.29. The van der Waals surface area contributed by atoms with E-state index in [0.717, 1.165) is 17.1 Å². The van der Waals surface area contributed by atoms with E-state index < -0.39 is 5.97 Å². The lowest BCUT2D eigenvalue weighted by Gasteiger charge is -2.08. The number of ketones is 1. The van der Waals surface area contributed by atoms with E-state index in [0.29, 0.717) is 21.3 Å². The van der Waals surface area contributed by atoms with Crippen LogP contribution in [0.3, 0.4) is 0 Å². The van der Waals surface area contributed by atoms with E-state index in [4.69, 9.17) is 20.8 Å². The van der Waals surface area contributed by atoms with Crippen LogP contribution in [0.2, 0.25) is 4.34 Å². The van der Waals surface area contributed by atoms with Gasteiger partial charge in [-0.3, -0.25) is 4.79 Å². The van der Waals surface area contributed by atoms with Crippen LogP contribution in [-0.2, 0) is 11.3 Å². The number of aryl methyl sites for hydroxylation is 1. The van der Waals surface area contributed by atoms with Crippen molar-refractivity contribution in [1.82, 2.24) is 4.57 Å². The Morgan fingerprint density at radius 3 is 2.72 bits per heavy atom. The number of carbonyl (C=O) groups excluding carboxylic acids is 2. The van der Waals surface area contributed by atoms with Crippen molar-refractivity contribution in [1.29, 1.82) is 0 Å². The molecule has 3 aromatic heterocycles. The van der Waals surface area contributed by atoms with Gasteiger partial charge in [0.2, 0.25) is 5.78 Å². The summed E-state index contributed by atoms with van der Waals surface area (Å²) in [6.07, 6.45) is 1.61. The van der Waals surface area contributed by atoms with Crippen LogP contribution in [0.4, 0.5) is 0 Å². The Bertz CT molecular complexity index is 908. The molecule has 0 bridgehead atoms. The van der Waals surface area contributed by atoms with Gasteiger partial charge in [0.05, 0.1) is 27.6 Å². The molecular weight excluding hydrogens is 362 g/mol. The summed E-state index contributed by atoms with van der Waals surface area (Å²) in [5.41, 5.74) is 2.13. The lowest BCUT2D eigenvalue weighted by molar-refractivity contribution is 0.0475. The summed E-state index contributed by atoms with van der Waals surface area (Å²) in [7, 11) is 0. The van der Waals surface area contributed by atoms with Crippen LogP contribution in [0.5, 0.6) is 0 Å². The molecule has 5 nitrogen and oxygen atoms in total. The number of esters is 1. The highest BCUT2D eigenvalue weighted by Gasteiger charge is 2.19. The molecular formula is C18H16ClNO4S. The Kier molecular flexibility index (Phi) is 5.11. The third kappa shape index (κ3) is 3.86. The fourth-order valence-corrected chi connectivity index (χ4v) is 3.52. The van der Waals surface area contributed by atoms with Crippen molar-refractivity contribution in [2.45, 2.75) is 20.4 Å². The summed E-state index contributed by atoms with van der Waals surface area (Å²) >= 11 is 6.98. The maximum Gasteiger partial charge on any atom is 0.340 e. The molecule has 0 aliphatic rings. The highest BCUT2D eigenvalue weighted by Crippen LogP contribution is 2.22. The SMILES string of the molecule is Cc1cc(C(=O)OCC(=O)c2ccc(Cl)s2)c(C)n1Cc1ccco1. The highest BCUT2D eigenvalue weighted by atomic mass is 35.5. The van der Waals surface area contributed by atoms with Gasteiger partial charge in [-0.25, -0.2) is 4.79 Å². The number of nitrogens with zero attached hydrogens (tertiary/aromatic N) is 1. The summed E-state index contributed by atoms with van der Waals surface area (Å²) in [4.78, 5) is 24.8. The van der Waals surface area contributed by atoms with Gasteiger partial charge < -0.3 is 13.7 Å². The molecule has 0 saturated carbocycles. The van der Waals surface area contributed by atoms with Crippen LogP contribution < -0.4 is 0 Å². The molecule has 0 N–H and O–H groups in total. The first-order valence-corrected chi connectivity index (χ1v) is 8.80. The summed E-state index contributed by atoms with van der Waals surface area (Å²) < 4.78 is 13.0. The van der Waals surface area contributed by atoms with Gasteiger partial charge in [0.1, 0.15) is 5.76 Å². The normalized spacial score (nSPS) is 10.8. The number of carbonyl (C=O) groups is 2. The number of thiophene rings is 1. The Morgan fingerprint density at radius 2 is 2.08 bits per heavy atom. The monoisotopic (exact) mass is 377 g/mol. The Balaban J connectivity index is 1.69. The van der Waals surface area contributed by atoms with Gasteiger partial charge in [-0.1, -0.05) is 11.6 Å². The van der Waals surface area contributed by atoms with Crippen LogP contribution >= 0.6 is 22.9 Å². The molecule has 0 aliphatic heterocycles. The van der Waals surface area contributed by atoms with Gasteiger partial charge in [-0.2, -0.15) is 0 Å². The van der Waals surface area contributed by atoms with Crippen LogP contribution in [0.1, 0.15) is 37.2 Å². The molecule has 0 unspecified atom stereocenters. The van der Waals surface area contributed by atoms with Gasteiger partial charge in [0.15, 0.2) is 6.61 Å². The largest absolute Gasteiger partial charge is 0.467 e. The summed E-state index contributed by atoms with van der Waals surface area (Å²) in [5.74, 6) is 0.0101. The van der Waals surface area contributed by atoms with E-state index in [1.165, 1.54) is 11.3 Å². The van der Waals surface area contributed by atoms with Crippen LogP contribution in [-0.4, -0.2) is 22.9 Å². The van der Waals surface area contributed by atoms with E-state index in [1.54, 1.807) is 24.5 Å². The van der Waals surface area contributed by atoms with Crippen LogP contribution in [0, 0.1) is 13.8 Å². The zero-order chi connectivity index (χ0) is 18.0. The lowest BCUT2D eigenvalue weighted by atomic mass is 10.2. The molecule has 7 heteroatoms. The van der Waals surface area contributed by atoms with Gasteiger partial charge >= 0.3 is 5.97 Å². The van der Waals surface area contributed by atoms with Crippen molar-refractivity contribution in [2.75, 3.05) is 6.61 Å². The van der Waals surface area contributed by atoms with E-state index in [2.05, 4.69) is 0 Å². The molecule has 0 amide bonds. The molecule has 0 radical (unpaired) electrons. The topological polar surface area (TPSA) is 61.4 Å². The maximum absolute atomic E-state index is 12.3. The predicted octanol–water partition coefficient (Wildman–Crippen LogP) is 4.50. The predicted molar refractivity (Wildman–Crippen MR) is 95.7 cm³/mol. The molecule has 0 spiro atoms. The van der Waals surface area contributed by atoms with E-state index in [-0.39, 0.29) is 12.4 Å². The summed E-state index contributed by atoms with van der Waals surface area (Å²) in [6.45, 7) is 3.97. The van der Waals surface area contributed by atoms with Crippen molar-refractivity contribution in [3.05, 3.63) is 68.5 Å². The molecule has 0 aromatic carbocycles. The Labute approximate surface area is 153 Å². The van der Waals surface area contributed by atoms with Crippen molar-refractivity contribution >= 4 is 34.7 Å². The molecule has 0 fully saturated rings. The average Bonchev–Trinajstić information content (AvgIpc) is 3.30. The Hall–Kier alpha value is -2.31. The number of aromatic nitrogens is 1. The molecule has 0 saturated heterocycles. The number of halogens is 1. The molecule has 3 aromatic rings. The fourth-order valence-electron chi connectivity index (χ4n) is 2.55. The number of furan rings is 1. The van der Waals surface area contributed by atoms with Gasteiger partial charge in [0, 0.05) is 11.4 Å². The summed E-state index contributed by atoms with van der Waals surface area (Å²) in [5, 5.41) is 0. The fraction of sp³-hybridized carbons (Fsp3) is 0.222. The number of rotatable bonds is 6. The van der Waals surface area contributed by atoms with E-state index in [9.17, 15) is 9.59 Å². The number of hydrogen-bond donors (Lipinski definition) is 0. The lowest BCUT2D eigenvalue weighted by Crippen LogP contribution is -2.14. The number of hydrogen-bond acceptors (Lipinski definition) is 5. The summed E-state index contributed by atoms with van der Waals surface area (Å²) in [6, 6.07) is 8.72. The van der Waals surface area contributed by atoms with E-state index in [1.807, 2.05) is 30.5 Å². The number of Topliss-reactive ketones (excluding diaryl/α,β-unsaturated/α-hetero) is 1. The maximum atomic E-state index is 12.3. The second-order valence-corrected chi connectivity index (χ2v) is 7.27. The van der Waals surface area contributed by atoms with Gasteiger partial charge in [-0.05, 0) is 44.2 Å². The zero-order valence-corrected chi connectivity index (χ0v) is 15.3. The minimum atomic E-state index is -0.519. The third-order valence-electron chi connectivity index (χ3n) is 3.87.